The molecule has 0 aliphatic heterocycles. The van der Waals surface area contributed by atoms with Crippen molar-refractivity contribution in [2.24, 2.45) is 7.05 Å². The van der Waals surface area contributed by atoms with Crippen molar-refractivity contribution in [3.05, 3.63) is 53.6 Å². The van der Waals surface area contributed by atoms with Crippen molar-refractivity contribution < 1.29 is 19.1 Å². The van der Waals surface area contributed by atoms with Gasteiger partial charge in [0.25, 0.3) is 0 Å². The Morgan fingerprint density at radius 2 is 2.00 bits per heavy atom. The van der Waals surface area contributed by atoms with Crippen molar-refractivity contribution in [3.63, 3.8) is 0 Å². The molecule has 0 aliphatic carbocycles. The van der Waals surface area contributed by atoms with E-state index in [0.717, 1.165) is 5.69 Å². The Morgan fingerprint density at radius 1 is 1.30 bits per heavy atom. The second-order valence-electron chi connectivity index (χ2n) is 5.19. The van der Waals surface area contributed by atoms with Crippen LogP contribution >= 0.6 is 0 Å². The van der Waals surface area contributed by atoms with Crippen LogP contribution in [-0.2, 0) is 23.1 Å². The fraction of sp³-hybridized carbons (Fsp3) is 0.312. The van der Waals surface area contributed by atoms with Gasteiger partial charge in [0.1, 0.15) is 5.82 Å². The van der Waals surface area contributed by atoms with E-state index >= 15 is 0 Å². The zero-order chi connectivity index (χ0) is 16.8. The lowest BCUT2D eigenvalue weighted by Gasteiger charge is -2.14. The van der Waals surface area contributed by atoms with E-state index in [-0.39, 0.29) is 18.9 Å². The summed E-state index contributed by atoms with van der Waals surface area (Å²) in [6.07, 6.45) is 2.42. The van der Waals surface area contributed by atoms with Crippen LogP contribution in [0.5, 0.6) is 0 Å². The lowest BCUT2D eigenvalue weighted by molar-refractivity contribution is -0.138. The Hall–Kier alpha value is -2.70. The highest BCUT2D eigenvalue weighted by atomic mass is 19.1. The van der Waals surface area contributed by atoms with E-state index in [2.05, 4.69) is 10.4 Å². The number of aromatic nitrogens is 2. The third-order valence-electron chi connectivity index (χ3n) is 3.60. The van der Waals surface area contributed by atoms with Crippen LogP contribution in [0.15, 0.2) is 36.5 Å². The zero-order valence-corrected chi connectivity index (χ0v) is 12.7. The van der Waals surface area contributed by atoms with Gasteiger partial charge in [0.2, 0.25) is 5.91 Å². The molecule has 7 heteroatoms. The van der Waals surface area contributed by atoms with Gasteiger partial charge in [-0.1, -0.05) is 12.1 Å². The molecular formula is C16H18FN3O3. The van der Waals surface area contributed by atoms with Gasteiger partial charge >= 0.3 is 5.97 Å². The second-order valence-corrected chi connectivity index (χ2v) is 5.19. The maximum absolute atomic E-state index is 12.9. The second kappa shape index (κ2) is 7.53. The van der Waals surface area contributed by atoms with Crippen LogP contribution in [-0.4, -0.2) is 33.3 Å². The number of rotatable bonds is 7. The number of hydrogen-bond donors (Lipinski definition) is 2. The van der Waals surface area contributed by atoms with Crippen molar-refractivity contribution in [2.45, 2.75) is 18.8 Å². The molecule has 0 spiro atoms. The minimum atomic E-state index is -1.07. The van der Waals surface area contributed by atoms with Crippen LogP contribution in [0.1, 0.15) is 23.6 Å². The first-order valence-electron chi connectivity index (χ1n) is 7.19. The summed E-state index contributed by atoms with van der Waals surface area (Å²) in [6, 6.07) is 7.06. The first-order valence-corrected chi connectivity index (χ1v) is 7.19. The molecule has 0 aliphatic rings. The average Bonchev–Trinajstić information content (AvgIpc) is 2.92. The zero-order valence-electron chi connectivity index (χ0n) is 12.7. The van der Waals surface area contributed by atoms with Crippen LogP contribution < -0.4 is 5.32 Å². The summed E-state index contributed by atoms with van der Waals surface area (Å²) >= 11 is 0. The van der Waals surface area contributed by atoms with E-state index in [0.29, 0.717) is 12.0 Å². The van der Waals surface area contributed by atoms with Crippen molar-refractivity contribution in [3.8, 4) is 0 Å². The van der Waals surface area contributed by atoms with Crippen LogP contribution in [0, 0.1) is 5.82 Å². The number of nitrogens with zero attached hydrogens (tertiary/aromatic N) is 2. The van der Waals surface area contributed by atoms with Gasteiger partial charge in [-0.15, -0.1) is 0 Å². The molecular weight excluding hydrogens is 301 g/mol. The number of amides is 1. The van der Waals surface area contributed by atoms with Gasteiger partial charge in [-0.25, -0.2) is 4.39 Å². The first-order chi connectivity index (χ1) is 11.0. The number of benzene rings is 1. The van der Waals surface area contributed by atoms with Gasteiger partial charge in [-0.3, -0.25) is 14.3 Å². The Labute approximate surface area is 132 Å². The fourth-order valence-electron chi connectivity index (χ4n) is 2.24. The van der Waals surface area contributed by atoms with E-state index in [1.807, 2.05) is 6.07 Å². The number of carboxylic acid groups (broad SMARTS) is 1. The van der Waals surface area contributed by atoms with Gasteiger partial charge in [0.05, 0.1) is 5.92 Å². The van der Waals surface area contributed by atoms with Crippen LogP contribution in [0.2, 0.25) is 0 Å². The molecule has 2 N–H and O–H groups in total. The Balaban J connectivity index is 1.88. The number of hydrogen-bond acceptors (Lipinski definition) is 3. The smallest absolute Gasteiger partial charge is 0.312 e. The number of carboxylic acids is 1. The molecule has 1 unspecified atom stereocenters. The number of carbonyl (C=O) groups excluding carboxylic acids is 1. The van der Waals surface area contributed by atoms with Gasteiger partial charge in [-0.05, 0) is 30.2 Å². The third kappa shape index (κ3) is 4.64. The maximum atomic E-state index is 12.9. The Kier molecular flexibility index (Phi) is 5.46. The minimum Gasteiger partial charge on any atom is -0.481 e. The lowest BCUT2D eigenvalue weighted by atomic mass is 9.99. The largest absolute Gasteiger partial charge is 0.481 e. The summed E-state index contributed by atoms with van der Waals surface area (Å²) in [5.41, 5.74) is 1.37. The van der Waals surface area contributed by atoms with Crippen LogP contribution in [0.4, 0.5) is 4.39 Å². The van der Waals surface area contributed by atoms with E-state index < -0.39 is 17.7 Å². The summed E-state index contributed by atoms with van der Waals surface area (Å²) < 4.78 is 14.6. The van der Waals surface area contributed by atoms with Crippen molar-refractivity contribution >= 4 is 11.9 Å². The molecule has 122 valence electrons. The molecule has 0 radical (unpaired) electrons. The standard InChI is InChI=1S/C16H18FN3O3/c1-20-13(8-9-19-20)6-7-15(21)18-10-14(16(22)23)11-2-4-12(17)5-3-11/h2-5,8-9,14H,6-7,10H2,1H3,(H,18,21)(H,22,23). The minimum absolute atomic E-state index is 0.0365. The normalized spacial score (nSPS) is 11.9. The molecule has 0 saturated carbocycles. The monoisotopic (exact) mass is 319 g/mol. The van der Waals surface area contributed by atoms with Crippen molar-refractivity contribution in [2.75, 3.05) is 6.54 Å². The maximum Gasteiger partial charge on any atom is 0.312 e. The molecule has 1 atom stereocenters. The molecule has 0 fully saturated rings. The highest BCUT2D eigenvalue weighted by Crippen LogP contribution is 2.16. The molecule has 0 bridgehead atoms. The molecule has 23 heavy (non-hydrogen) atoms. The van der Waals surface area contributed by atoms with Crippen LogP contribution in [0.25, 0.3) is 0 Å². The highest BCUT2D eigenvalue weighted by molar-refractivity contribution is 5.79. The summed E-state index contributed by atoms with van der Waals surface area (Å²) in [5, 5.41) is 15.9. The predicted octanol–water partition coefficient (Wildman–Crippen LogP) is 1.48. The topological polar surface area (TPSA) is 84.2 Å². The Bertz CT molecular complexity index is 682. The number of aliphatic carboxylic acids is 1. The van der Waals surface area contributed by atoms with Crippen molar-refractivity contribution in [1.82, 2.24) is 15.1 Å². The van der Waals surface area contributed by atoms with E-state index in [4.69, 9.17) is 0 Å². The van der Waals surface area contributed by atoms with E-state index in [1.54, 1.807) is 17.9 Å². The number of aryl methyl sites for hydroxylation is 2. The molecule has 1 aromatic heterocycles. The quantitative estimate of drug-likeness (QED) is 0.809. The van der Waals surface area contributed by atoms with Gasteiger partial charge in [-0.2, -0.15) is 5.10 Å². The number of halogens is 1. The van der Waals surface area contributed by atoms with Gasteiger partial charge < -0.3 is 10.4 Å². The predicted molar refractivity (Wildman–Crippen MR) is 81.3 cm³/mol. The number of nitrogens with one attached hydrogen (secondary N) is 1. The molecule has 2 aromatic rings. The molecule has 1 aromatic carbocycles. The number of carbonyl (C=O) groups is 2. The van der Waals surface area contributed by atoms with Crippen LogP contribution in [0.3, 0.4) is 0 Å². The summed E-state index contributed by atoms with van der Waals surface area (Å²) in [4.78, 5) is 23.2. The SMILES string of the molecule is Cn1nccc1CCC(=O)NCC(C(=O)O)c1ccc(F)cc1. The summed E-state index contributed by atoms with van der Waals surface area (Å²) in [7, 11) is 1.79. The molecule has 0 saturated heterocycles. The van der Waals surface area contributed by atoms with Crippen molar-refractivity contribution in [1.29, 1.82) is 0 Å². The first kappa shape index (κ1) is 16.7. The summed E-state index contributed by atoms with van der Waals surface area (Å²) in [6.45, 7) is -0.0365. The molecule has 1 amide bonds. The lowest BCUT2D eigenvalue weighted by Crippen LogP contribution is -2.32. The molecule has 6 nitrogen and oxygen atoms in total. The Morgan fingerprint density at radius 3 is 2.57 bits per heavy atom. The third-order valence-corrected chi connectivity index (χ3v) is 3.60. The fourth-order valence-corrected chi connectivity index (χ4v) is 2.24. The molecule has 1 heterocycles. The van der Waals surface area contributed by atoms with E-state index in [9.17, 15) is 19.1 Å². The van der Waals surface area contributed by atoms with Gasteiger partial charge in [0, 0.05) is 31.9 Å². The highest BCUT2D eigenvalue weighted by Gasteiger charge is 2.20. The van der Waals surface area contributed by atoms with E-state index in [1.165, 1.54) is 24.3 Å². The molecule has 2 rings (SSSR count). The van der Waals surface area contributed by atoms with Gasteiger partial charge in [0.15, 0.2) is 0 Å². The average molecular weight is 319 g/mol. The summed E-state index contributed by atoms with van der Waals surface area (Å²) in [5.74, 6) is -2.64.